The normalized spacial score (nSPS) is 21.1. The Hall–Kier alpha value is -1.40. The van der Waals surface area contributed by atoms with Gasteiger partial charge in [-0.25, -0.2) is 0 Å². The van der Waals surface area contributed by atoms with Crippen molar-refractivity contribution in [3.8, 4) is 0 Å². The minimum absolute atomic E-state index is 0.0426. The van der Waals surface area contributed by atoms with Crippen LogP contribution in [0.25, 0.3) is 0 Å². The molecule has 106 valence electrons. The van der Waals surface area contributed by atoms with Crippen LogP contribution in [0.4, 0.5) is 0 Å². The molecule has 6 heteroatoms. The predicted molar refractivity (Wildman–Crippen MR) is 72.0 cm³/mol. The summed E-state index contributed by atoms with van der Waals surface area (Å²) in [5.41, 5.74) is 0.440. The molecule has 1 aromatic heterocycles. The van der Waals surface area contributed by atoms with E-state index < -0.39 is 0 Å². The summed E-state index contributed by atoms with van der Waals surface area (Å²) in [6.45, 7) is 3.91. The Morgan fingerprint density at radius 3 is 3.26 bits per heavy atom. The largest absolute Gasteiger partial charge is 0.396 e. The lowest BCUT2D eigenvalue weighted by atomic mass is 10.1. The molecule has 0 radical (unpaired) electrons. The quantitative estimate of drug-likeness (QED) is 0.716. The number of nitrogens with one attached hydrogen (secondary N) is 2. The molecule has 6 nitrogen and oxygen atoms in total. The van der Waals surface area contributed by atoms with Crippen LogP contribution in [0.3, 0.4) is 0 Å². The molecule has 2 atom stereocenters. The van der Waals surface area contributed by atoms with Crippen molar-refractivity contribution in [2.45, 2.75) is 38.3 Å². The Bertz CT molecular complexity index is 413. The second-order valence-electron chi connectivity index (χ2n) is 5.07. The van der Waals surface area contributed by atoms with Crippen LogP contribution < -0.4 is 10.6 Å². The number of amides is 1. The Morgan fingerprint density at radius 1 is 1.74 bits per heavy atom. The van der Waals surface area contributed by atoms with E-state index in [1.807, 2.05) is 17.8 Å². The van der Waals surface area contributed by atoms with Crippen molar-refractivity contribution in [3.05, 3.63) is 18.0 Å². The number of aromatic nitrogens is 2. The van der Waals surface area contributed by atoms with E-state index in [4.69, 9.17) is 5.11 Å². The highest BCUT2D eigenvalue weighted by Gasteiger charge is 2.18. The number of rotatable bonds is 5. The van der Waals surface area contributed by atoms with E-state index in [0.29, 0.717) is 18.2 Å². The third-order valence-corrected chi connectivity index (χ3v) is 3.43. The molecule has 1 fully saturated rings. The first-order chi connectivity index (χ1) is 9.20. The zero-order chi connectivity index (χ0) is 13.7. The molecule has 1 saturated heterocycles. The van der Waals surface area contributed by atoms with Crippen LogP contribution in [-0.4, -0.2) is 46.5 Å². The molecule has 2 unspecified atom stereocenters. The number of aliphatic hydroxyl groups excluding tert-OH is 1. The van der Waals surface area contributed by atoms with E-state index in [0.717, 1.165) is 25.9 Å². The fourth-order valence-electron chi connectivity index (χ4n) is 2.29. The number of nitrogens with zero attached hydrogens (tertiary/aromatic N) is 2. The zero-order valence-electron chi connectivity index (χ0n) is 11.3. The van der Waals surface area contributed by atoms with Crippen LogP contribution in [0.15, 0.2) is 12.3 Å². The van der Waals surface area contributed by atoms with Gasteiger partial charge in [0.1, 0.15) is 5.69 Å². The van der Waals surface area contributed by atoms with Crippen molar-refractivity contribution in [1.82, 2.24) is 20.4 Å². The molecule has 19 heavy (non-hydrogen) atoms. The zero-order valence-corrected chi connectivity index (χ0v) is 11.3. The maximum Gasteiger partial charge on any atom is 0.271 e. The fourth-order valence-corrected chi connectivity index (χ4v) is 2.29. The number of hydrogen-bond donors (Lipinski definition) is 3. The molecule has 2 heterocycles. The highest BCUT2D eigenvalue weighted by atomic mass is 16.3. The van der Waals surface area contributed by atoms with E-state index in [1.165, 1.54) is 0 Å². The molecule has 1 aliphatic heterocycles. The fraction of sp³-hybridized carbons (Fsp3) is 0.692. The third-order valence-electron chi connectivity index (χ3n) is 3.43. The smallest absolute Gasteiger partial charge is 0.271 e. The third kappa shape index (κ3) is 3.78. The van der Waals surface area contributed by atoms with Crippen LogP contribution in [0, 0.1) is 0 Å². The van der Waals surface area contributed by atoms with E-state index in [-0.39, 0.29) is 18.6 Å². The second kappa shape index (κ2) is 6.68. The first kappa shape index (κ1) is 14.0. The molecule has 0 aliphatic carbocycles. The standard InChI is InChI=1S/C13H22N4O2/c1-10(5-8-18)15-13(19)12-4-7-17(16-12)11-3-2-6-14-9-11/h4,7,10-11,14,18H,2-3,5-6,8-9H2,1H3,(H,15,19). The number of carbonyl (C=O) groups excluding carboxylic acids is 1. The minimum atomic E-state index is -0.177. The van der Waals surface area contributed by atoms with Gasteiger partial charge >= 0.3 is 0 Å². The van der Waals surface area contributed by atoms with Gasteiger partial charge in [-0.1, -0.05) is 0 Å². The van der Waals surface area contributed by atoms with Gasteiger partial charge in [0.15, 0.2) is 0 Å². The van der Waals surface area contributed by atoms with Crippen molar-refractivity contribution in [2.24, 2.45) is 0 Å². The molecule has 1 aliphatic rings. The molecule has 2 rings (SSSR count). The van der Waals surface area contributed by atoms with E-state index >= 15 is 0 Å². The number of piperidine rings is 1. The molecule has 0 saturated carbocycles. The van der Waals surface area contributed by atoms with Crippen molar-refractivity contribution in [2.75, 3.05) is 19.7 Å². The maximum absolute atomic E-state index is 11.9. The lowest BCUT2D eigenvalue weighted by Crippen LogP contribution is -2.34. The van der Waals surface area contributed by atoms with Crippen LogP contribution in [0.2, 0.25) is 0 Å². The number of hydrogen-bond acceptors (Lipinski definition) is 4. The molecule has 0 aromatic carbocycles. The predicted octanol–water partition coefficient (Wildman–Crippen LogP) is 0.308. The summed E-state index contributed by atoms with van der Waals surface area (Å²) in [4.78, 5) is 11.9. The lowest BCUT2D eigenvalue weighted by molar-refractivity contribution is 0.0928. The average Bonchev–Trinajstić information content (AvgIpc) is 2.89. The summed E-state index contributed by atoms with van der Waals surface area (Å²) < 4.78 is 1.87. The van der Waals surface area contributed by atoms with Gasteiger partial charge in [0.25, 0.3) is 5.91 Å². The Balaban J connectivity index is 1.94. The first-order valence-electron chi connectivity index (χ1n) is 6.88. The summed E-state index contributed by atoms with van der Waals surface area (Å²) in [6, 6.07) is 2.04. The van der Waals surface area contributed by atoms with Crippen molar-refractivity contribution in [1.29, 1.82) is 0 Å². The molecular weight excluding hydrogens is 244 g/mol. The van der Waals surface area contributed by atoms with Gasteiger partial charge < -0.3 is 15.7 Å². The van der Waals surface area contributed by atoms with Gasteiger partial charge in [-0.15, -0.1) is 0 Å². The SMILES string of the molecule is CC(CCO)NC(=O)c1ccn(C2CCCNC2)n1. The summed E-state index contributed by atoms with van der Waals surface area (Å²) >= 11 is 0. The van der Waals surface area contributed by atoms with Gasteiger partial charge in [0, 0.05) is 25.4 Å². The second-order valence-corrected chi connectivity index (χ2v) is 5.07. The number of aliphatic hydroxyl groups is 1. The Morgan fingerprint density at radius 2 is 2.58 bits per heavy atom. The Labute approximate surface area is 113 Å². The van der Waals surface area contributed by atoms with Crippen LogP contribution in [0.1, 0.15) is 42.7 Å². The van der Waals surface area contributed by atoms with Gasteiger partial charge in [0.05, 0.1) is 6.04 Å². The molecule has 1 aromatic rings. The molecular formula is C13H22N4O2. The molecule has 0 bridgehead atoms. The highest BCUT2D eigenvalue weighted by Crippen LogP contribution is 2.15. The van der Waals surface area contributed by atoms with Gasteiger partial charge in [-0.05, 0) is 38.8 Å². The van der Waals surface area contributed by atoms with E-state index in [2.05, 4.69) is 15.7 Å². The van der Waals surface area contributed by atoms with Crippen molar-refractivity contribution in [3.63, 3.8) is 0 Å². The minimum Gasteiger partial charge on any atom is -0.396 e. The Kier molecular flexibility index (Phi) is 4.93. The topological polar surface area (TPSA) is 79.2 Å². The van der Waals surface area contributed by atoms with Crippen LogP contribution >= 0.6 is 0 Å². The maximum atomic E-state index is 11.9. The lowest BCUT2D eigenvalue weighted by Gasteiger charge is -2.22. The van der Waals surface area contributed by atoms with E-state index in [9.17, 15) is 4.79 Å². The monoisotopic (exact) mass is 266 g/mol. The summed E-state index contributed by atoms with van der Waals surface area (Å²) in [5.74, 6) is -0.177. The van der Waals surface area contributed by atoms with Gasteiger partial charge in [-0.3, -0.25) is 9.48 Å². The molecule has 3 N–H and O–H groups in total. The van der Waals surface area contributed by atoms with Crippen LogP contribution in [0.5, 0.6) is 0 Å². The number of carbonyl (C=O) groups is 1. The summed E-state index contributed by atoms with van der Waals surface area (Å²) in [5, 5.41) is 19.3. The van der Waals surface area contributed by atoms with Gasteiger partial charge in [-0.2, -0.15) is 5.10 Å². The van der Waals surface area contributed by atoms with E-state index in [1.54, 1.807) is 6.07 Å². The van der Waals surface area contributed by atoms with Gasteiger partial charge in [0.2, 0.25) is 0 Å². The summed E-state index contributed by atoms with van der Waals surface area (Å²) in [7, 11) is 0. The molecule has 1 amide bonds. The molecule has 0 spiro atoms. The first-order valence-corrected chi connectivity index (χ1v) is 6.88. The highest BCUT2D eigenvalue weighted by molar-refractivity contribution is 5.92. The summed E-state index contributed by atoms with van der Waals surface area (Å²) in [6.07, 6.45) is 4.65. The average molecular weight is 266 g/mol. The van der Waals surface area contributed by atoms with Crippen molar-refractivity contribution >= 4 is 5.91 Å². The van der Waals surface area contributed by atoms with Crippen molar-refractivity contribution < 1.29 is 9.90 Å². The van der Waals surface area contributed by atoms with Crippen LogP contribution in [-0.2, 0) is 0 Å².